The van der Waals surface area contributed by atoms with Gasteiger partial charge < -0.3 is 10.1 Å². The normalized spacial score (nSPS) is 12.3. The van der Waals surface area contributed by atoms with Crippen molar-refractivity contribution in [3.8, 4) is 5.75 Å². The smallest absolute Gasteiger partial charge is 0.254 e. The van der Waals surface area contributed by atoms with E-state index in [1.165, 1.54) is 0 Å². The highest BCUT2D eigenvalue weighted by atomic mass is 35.6. The molecule has 4 nitrogen and oxygen atoms in total. The van der Waals surface area contributed by atoms with Gasteiger partial charge >= 0.3 is 0 Å². The van der Waals surface area contributed by atoms with E-state index in [9.17, 15) is 9.59 Å². The third kappa shape index (κ3) is 5.13. The van der Waals surface area contributed by atoms with Crippen LogP contribution in [0.3, 0.4) is 0 Å². The summed E-state index contributed by atoms with van der Waals surface area (Å²) in [7, 11) is 0. The summed E-state index contributed by atoms with van der Waals surface area (Å²) in [6.45, 7) is 1.91. The van der Waals surface area contributed by atoms with E-state index in [-0.39, 0.29) is 0 Å². The van der Waals surface area contributed by atoms with Gasteiger partial charge in [0.05, 0.1) is 0 Å². The molecule has 0 heterocycles. The summed E-state index contributed by atoms with van der Waals surface area (Å²) in [5, 5.41) is 2.54. The van der Waals surface area contributed by atoms with Gasteiger partial charge in [0.2, 0.25) is 10.0 Å². The van der Waals surface area contributed by atoms with Crippen molar-refractivity contribution >= 4 is 47.0 Å². The summed E-state index contributed by atoms with van der Waals surface area (Å²) in [6, 6.07) is 13.1. The predicted octanol–water partition coefficient (Wildman–Crippen LogP) is 4.31. The van der Waals surface area contributed by atoms with Gasteiger partial charge in [-0.05, 0) is 43.3 Å². The van der Waals surface area contributed by atoms with Gasteiger partial charge in [-0.1, -0.05) is 52.5 Å². The molecule has 1 N–H and O–H groups in total. The van der Waals surface area contributed by atoms with E-state index in [0.29, 0.717) is 23.2 Å². The SMILES string of the molecule is Cc1ccc(C(=O)NC(Oc2ccc(C=O)cc2)C(Cl)(Cl)Cl)cc1. The molecule has 0 aliphatic carbocycles. The van der Waals surface area contributed by atoms with Crippen molar-refractivity contribution in [2.24, 2.45) is 0 Å². The van der Waals surface area contributed by atoms with E-state index in [2.05, 4.69) is 5.32 Å². The summed E-state index contributed by atoms with van der Waals surface area (Å²) < 4.78 is 3.67. The molecule has 2 aromatic carbocycles. The zero-order valence-electron chi connectivity index (χ0n) is 12.6. The van der Waals surface area contributed by atoms with Crippen molar-refractivity contribution in [2.45, 2.75) is 16.9 Å². The number of aryl methyl sites for hydroxylation is 1. The van der Waals surface area contributed by atoms with Crippen LogP contribution in [-0.2, 0) is 0 Å². The summed E-state index contributed by atoms with van der Waals surface area (Å²) in [4.78, 5) is 23.0. The van der Waals surface area contributed by atoms with Crippen LogP contribution >= 0.6 is 34.8 Å². The lowest BCUT2D eigenvalue weighted by atomic mass is 10.1. The fraction of sp³-hybridized carbons (Fsp3) is 0.176. The Morgan fingerprint density at radius 2 is 1.67 bits per heavy atom. The van der Waals surface area contributed by atoms with Crippen molar-refractivity contribution in [1.29, 1.82) is 0 Å². The zero-order valence-corrected chi connectivity index (χ0v) is 14.9. The molecule has 0 bridgehead atoms. The van der Waals surface area contributed by atoms with Crippen molar-refractivity contribution < 1.29 is 14.3 Å². The van der Waals surface area contributed by atoms with Crippen LogP contribution in [0, 0.1) is 6.92 Å². The molecule has 0 spiro atoms. The minimum Gasteiger partial charge on any atom is -0.466 e. The standard InChI is InChI=1S/C17H14Cl3NO3/c1-11-2-6-13(7-3-11)15(23)21-16(17(18,19)20)24-14-8-4-12(10-22)5-9-14/h2-10,16H,1H3,(H,21,23). The van der Waals surface area contributed by atoms with Gasteiger partial charge in [-0.25, -0.2) is 0 Å². The van der Waals surface area contributed by atoms with E-state index < -0.39 is 15.9 Å². The lowest BCUT2D eigenvalue weighted by Crippen LogP contribution is -2.47. The molecule has 2 rings (SSSR count). The van der Waals surface area contributed by atoms with E-state index in [4.69, 9.17) is 39.5 Å². The Morgan fingerprint density at radius 1 is 1.08 bits per heavy atom. The van der Waals surface area contributed by atoms with Gasteiger partial charge in [0.25, 0.3) is 5.91 Å². The Hall–Kier alpha value is -1.75. The fourth-order valence-corrected chi connectivity index (χ4v) is 2.14. The Morgan fingerprint density at radius 3 is 2.17 bits per heavy atom. The molecule has 7 heteroatoms. The number of halogens is 3. The zero-order chi connectivity index (χ0) is 17.7. The first-order valence-electron chi connectivity index (χ1n) is 6.96. The highest BCUT2D eigenvalue weighted by Gasteiger charge is 2.36. The van der Waals surface area contributed by atoms with E-state index >= 15 is 0 Å². The predicted molar refractivity (Wildman–Crippen MR) is 95.2 cm³/mol. The first-order chi connectivity index (χ1) is 11.3. The number of alkyl halides is 3. The molecular weight excluding hydrogens is 373 g/mol. The molecule has 1 amide bonds. The topological polar surface area (TPSA) is 55.4 Å². The van der Waals surface area contributed by atoms with Gasteiger partial charge in [0.1, 0.15) is 12.0 Å². The molecule has 0 aliphatic heterocycles. The molecule has 2 aromatic rings. The van der Waals surface area contributed by atoms with Crippen molar-refractivity contribution in [3.05, 3.63) is 65.2 Å². The maximum atomic E-state index is 12.3. The molecule has 24 heavy (non-hydrogen) atoms. The van der Waals surface area contributed by atoms with Crippen LogP contribution in [0.4, 0.5) is 0 Å². The first-order valence-corrected chi connectivity index (χ1v) is 8.09. The molecule has 0 radical (unpaired) electrons. The monoisotopic (exact) mass is 385 g/mol. The van der Waals surface area contributed by atoms with Crippen LogP contribution in [-0.4, -0.2) is 22.2 Å². The van der Waals surface area contributed by atoms with Gasteiger partial charge in [-0.2, -0.15) is 0 Å². The van der Waals surface area contributed by atoms with Crippen molar-refractivity contribution in [2.75, 3.05) is 0 Å². The lowest BCUT2D eigenvalue weighted by Gasteiger charge is -2.26. The Balaban J connectivity index is 2.14. The number of amides is 1. The minimum atomic E-state index is -1.89. The van der Waals surface area contributed by atoms with Gasteiger partial charge in [-0.3, -0.25) is 9.59 Å². The second-order valence-corrected chi connectivity index (χ2v) is 7.43. The van der Waals surface area contributed by atoms with Crippen LogP contribution in [0.5, 0.6) is 5.75 Å². The fourth-order valence-electron chi connectivity index (χ4n) is 1.85. The van der Waals surface area contributed by atoms with Crippen molar-refractivity contribution in [1.82, 2.24) is 5.32 Å². The highest BCUT2D eigenvalue weighted by Crippen LogP contribution is 2.32. The summed E-state index contributed by atoms with van der Waals surface area (Å²) in [6.07, 6.45) is -0.506. The number of carbonyl (C=O) groups is 2. The number of hydrogen-bond donors (Lipinski definition) is 1. The van der Waals surface area contributed by atoms with Crippen LogP contribution in [0.2, 0.25) is 0 Å². The third-order valence-corrected chi connectivity index (χ3v) is 3.74. The summed E-state index contributed by atoms with van der Waals surface area (Å²) in [5.74, 6) is -0.0861. The number of rotatable bonds is 5. The average Bonchev–Trinajstić information content (AvgIpc) is 2.54. The Labute approximate surface area is 154 Å². The number of hydrogen-bond acceptors (Lipinski definition) is 3. The molecule has 1 unspecified atom stereocenters. The van der Waals surface area contributed by atoms with E-state index in [0.717, 1.165) is 5.56 Å². The number of nitrogens with one attached hydrogen (secondary N) is 1. The van der Waals surface area contributed by atoms with Gasteiger partial charge in [0, 0.05) is 11.1 Å². The maximum Gasteiger partial charge on any atom is 0.254 e. The van der Waals surface area contributed by atoms with E-state index in [1.807, 2.05) is 6.92 Å². The van der Waals surface area contributed by atoms with Crippen LogP contribution in [0.15, 0.2) is 48.5 Å². The van der Waals surface area contributed by atoms with Gasteiger partial charge in [-0.15, -0.1) is 0 Å². The Kier molecular flexibility index (Phi) is 6.10. The third-order valence-electron chi connectivity index (χ3n) is 3.14. The van der Waals surface area contributed by atoms with Crippen LogP contribution < -0.4 is 10.1 Å². The maximum absolute atomic E-state index is 12.3. The average molecular weight is 387 g/mol. The van der Waals surface area contributed by atoms with Crippen molar-refractivity contribution in [3.63, 3.8) is 0 Å². The van der Waals surface area contributed by atoms with E-state index in [1.54, 1.807) is 48.5 Å². The lowest BCUT2D eigenvalue weighted by molar-refractivity contribution is 0.0833. The number of carbonyl (C=O) groups excluding carboxylic acids is 2. The number of aldehydes is 1. The second kappa shape index (κ2) is 7.88. The molecule has 0 aliphatic rings. The van der Waals surface area contributed by atoms with Gasteiger partial charge in [0.15, 0.2) is 0 Å². The van der Waals surface area contributed by atoms with Crippen LogP contribution in [0.1, 0.15) is 26.3 Å². The largest absolute Gasteiger partial charge is 0.466 e. The number of benzene rings is 2. The second-order valence-electron chi connectivity index (χ2n) is 5.07. The molecule has 0 aromatic heterocycles. The minimum absolute atomic E-state index is 0.348. The first kappa shape index (κ1) is 18.6. The van der Waals surface area contributed by atoms with Crippen LogP contribution in [0.25, 0.3) is 0 Å². The molecule has 0 saturated heterocycles. The highest BCUT2D eigenvalue weighted by molar-refractivity contribution is 6.68. The molecule has 0 saturated carbocycles. The molecular formula is C17H14Cl3NO3. The molecule has 1 atom stereocenters. The quantitative estimate of drug-likeness (QED) is 0.473. The molecule has 0 fully saturated rings. The summed E-state index contributed by atoms with van der Waals surface area (Å²) >= 11 is 17.7. The number of ether oxygens (including phenoxy) is 1. The molecule has 126 valence electrons. The summed E-state index contributed by atoms with van der Waals surface area (Å²) in [5.41, 5.74) is 1.92. The Bertz CT molecular complexity index is 709.